The number of hydrogen-bond acceptors (Lipinski definition) is 9. The van der Waals surface area contributed by atoms with E-state index in [0.29, 0.717) is 47.8 Å². The second-order valence-corrected chi connectivity index (χ2v) is 10.3. The number of phenolic OH excluding ortho intramolecular Hbond substituents is 1. The van der Waals surface area contributed by atoms with E-state index in [1.165, 1.54) is 18.6 Å². The SMILES string of the molecule is COc1ccc(C2CC(=O)Oc3c(C(C)=O)c(O)c4c(C)cc(=O)oc4c32)cc1OCCc1ccc2c(c1)CCO2. The van der Waals surface area contributed by atoms with Crippen molar-refractivity contribution in [1.82, 2.24) is 0 Å². The van der Waals surface area contributed by atoms with Gasteiger partial charge in [-0.2, -0.15) is 0 Å². The zero-order chi connectivity index (χ0) is 28.8. The van der Waals surface area contributed by atoms with E-state index in [1.54, 1.807) is 32.2 Å². The Morgan fingerprint density at radius 3 is 2.71 bits per heavy atom. The predicted molar refractivity (Wildman–Crippen MR) is 149 cm³/mol. The van der Waals surface area contributed by atoms with Crippen molar-refractivity contribution in [3.63, 3.8) is 0 Å². The molecule has 1 unspecified atom stereocenters. The van der Waals surface area contributed by atoms with Crippen molar-refractivity contribution in [2.45, 2.75) is 39.0 Å². The Kier molecular flexibility index (Phi) is 6.65. The third-order valence-electron chi connectivity index (χ3n) is 7.63. The molecule has 1 atom stereocenters. The number of Topliss-reactive ketones (excluding diaryl/α,β-unsaturated/α-hetero) is 1. The average Bonchev–Trinajstić information content (AvgIpc) is 3.40. The summed E-state index contributed by atoms with van der Waals surface area (Å²) in [6.07, 6.45) is 1.48. The zero-order valence-corrected chi connectivity index (χ0v) is 22.9. The molecule has 3 aromatic carbocycles. The molecule has 0 bridgehead atoms. The number of rotatable bonds is 7. The number of hydrogen-bond donors (Lipinski definition) is 1. The lowest BCUT2D eigenvalue weighted by molar-refractivity contribution is -0.135. The van der Waals surface area contributed by atoms with E-state index in [2.05, 4.69) is 6.07 Å². The molecular weight excluding hydrogens is 528 g/mol. The van der Waals surface area contributed by atoms with Crippen LogP contribution in [-0.4, -0.2) is 37.2 Å². The maximum atomic E-state index is 12.8. The molecule has 2 aliphatic rings. The summed E-state index contributed by atoms with van der Waals surface area (Å²) in [6, 6.07) is 12.7. The third-order valence-corrected chi connectivity index (χ3v) is 7.63. The summed E-state index contributed by atoms with van der Waals surface area (Å²) in [5.41, 5.74) is 3.08. The smallest absolute Gasteiger partial charge is 0.336 e. The monoisotopic (exact) mass is 556 g/mol. The highest BCUT2D eigenvalue weighted by Gasteiger charge is 2.37. The summed E-state index contributed by atoms with van der Waals surface area (Å²) in [5, 5.41) is 11.3. The Morgan fingerprint density at radius 2 is 1.93 bits per heavy atom. The molecule has 0 fully saturated rings. The van der Waals surface area contributed by atoms with Crippen LogP contribution >= 0.6 is 0 Å². The summed E-state index contributed by atoms with van der Waals surface area (Å²) < 4.78 is 28.4. The molecule has 1 N–H and O–H groups in total. The van der Waals surface area contributed by atoms with Gasteiger partial charge in [-0.1, -0.05) is 18.2 Å². The Balaban J connectivity index is 1.41. The van der Waals surface area contributed by atoms with Crippen LogP contribution in [0.3, 0.4) is 0 Å². The number of esters is 1. The van der Waals surface area contributed by atoms with Crippen LogP contribution in [0.2, 0.25) is 0 Å². The van der Waals surface area contributed by atoms with Crippen molar-refractivity contribution >= 4 is 22.7 Å². The fourth-order valence-electron chi connectivity index (χ4n) is 5.72. The molecule has 6 rings (SSSR count). The number of benzene rings is 3. The molecule has 0 saturated heterocycles. The molecule has 41 heavy (non-hydrogen) atoms. The van der Waals surface area contributed by atoms with Gasteiger partial charge in [0, 0.05) is 30.4 Å². The van der Waals surface area contributed by atoms with E-state index < -0.39 is 29.0 Å². The number of aromatic hydroxyl groups is 1. The standard InChI is InChI=1S/C32H28O9/c1-16-12-25(34)40-31-27(16)30(36)28(17(2)33)32-29(31)21(15-26(35)41-32)19-5-7-23(37-3)24(14-19)39-10-8-18-4-6-22-20(13-18)9-11-38-22/h4-7,12-14,21,36H,8-11,15H2,1-3H3. The summed E-state index contributed by atoms with van der Waals surface area (Å²) >= 11 is 0. The minimum absolute atomic E-state index is 0.0730. The van der Waals surface area contributed by atoms with Crippen LogP contribution in [-0.2, 0) is 17.6 Å². The third kappa shape index (κ3) is 4.67. The van der Waals surface area contributed by atoms with Crippen LogP contribution in [0.25, 0.3) is 11.0 Å². The largest absolute Gasteiger partial charge is 0.506 e. The molecule has 0 saturated carbocycles. The fourth-order valence-corrected chi connectivity index (χ4v) is 5.72. The molecule has 9 nitrogen and oxygen atoms in total. The number of carbonyl (C=O) groups is 2. The highest BCUT2D eigenvalue weighted by atomic mass is 16.5. The van der Waals surface area contributed by atoms with Crippen molar-refractivity contribution in [1.29, 1.82) is 0 Å². The highest BCUT2D eigenvalue weighted by Crippen LogP contribution is 2.50. The lowest BCUT2D eigenvalue weighted by atomic mass is 9.82. The molecule has 2 aliphatic heterocycles. The topological polar surface area (TPSA) is 122 Å². The van der Waals surface area contributed by atoms with Gasteiger partial charge in [0.25, 0.3) is 0 Å². The Hall–Kier alpha value is -4.79. The minimum atomic E-state index is -0.651. The second-order valence-electron chi connectivity index (χ2n) is 10.3. The number of carbonyl (C=O) groups excluding carboxylic acids is 2. The second kappa shape index (κ2) is 10.3. The van der Waals surface area contributed by atoms with Gasteiger partial charge in [-0.05, 0) is 54.3 Å². The quantitative estimate of drug-likeness (QED) is 0.145. The van der Waals surface area contributed by atoms with Gasteiger partial charge in [0.1, 0.15) is 22.6 Å². The Morgan fingerprint density at radius 1 is 1.10 bits per heavy atom. The van der Waals surface area contributed by atoms with Crippen LogP contribution in [0.15, 0.2) is 51.7 Å². The van der Waals surface area contributed by atoms with Crippen LogP contribution in [0.1, 0.15) is 57.4 Å². The van der Waals surface area contributed by atoms with Gasteiger partial charge >= 0.3 is 11.6 Å². The molecule has 0 amide bonds. The first-order valence-electron chi connectivity index (χ1n) is 13.4. The van der Waals surface area contributed by atoms with E-state index in [-0.39, 0.29) is 28.7 Å². The summed E-state index contributed by atoms with van der Waals surface area (Å²) in [7, 11) is 1.54. The van der Waals surface area contributed by atoms with E-state index in [4.69, 9.17) is 23.4 Å². The molecule has 1 aromatic heterocycles. The molecule has 0 aliphatic carbocycles. The van der Waals surface area contributed by atoms with E-state index in [0.717, 1.165) is 17.7 Å². The van der Waals surface area contributed by atoms with Gasteiger partial charge in [-0.3, -0.25) is 9.59 Å². The van der Waals surface area contributed by atoms with Crippen molar-refractivity contribution in [3.05, 3.63) is 86.3 Å². The highest BCUT2D eigenvalue weighted by molar-refractivity contribution is 6.09. The molecule has 4 aromatic rings. The number of fused-ring (bicyclic) bond motifs is 4. The first-order chi connectivity index (χ1) is 19.7. The van der Waals surface area contributed by atoms with Gasteiger partial charge < -0.3 is 28.5 Å². The lowest BCUT2D eigenvalue weighted by Gasteiger charge is -2.28. The minimum Gasteiger partial charge on any atom is -0.506 e. The van der Waals surface area contributed by atoms with Crippen LogP contribution in [0, 0.1) is 6.92 Å². The van der Waals surface area contributed by atoms with E-state index in [9.17, 15) is 19.5 Å². The molecule has 3 heterocycles. The number of ether oxygens (including phenoxy) is 4. The van der Waals surface area contributed by atoms with E-state index >= 15 is 0 Å². The van der Waals surface area contributed by atoms with Crippen LogP contribution in [0.4, 0.5) is 0 Å². The van der Waals surface area contributed by atoms with Crippen LogP contribution < -0.4 is 24.6 Å². The number of phenols is 1. The van der Waals surface area contributed by atoms with Gasteiger partial charge in [0.2, 0.25) is 0 Å². The zero-order valence-electron chi connectivity index (χ0n) is 22.9. The molecular formula is C32H28O9. The summed E-state index contributed by atoms with van der Waals surface area (Å²) in [5.74, 6) is -0.305. The van der Waals surface area contributed by atoms with Crippen LogP contribution in [0.5, 0.6) is 28.7 Å². The summed E-state index contributed by atoms with van der Waals surface area (Å²) in [4.78, 5) is 37.9. The Labute approximate surface area is 235 Å². The maximum Gasteiger partial charge on any atom is 0.336 e. The predicted octanol–water partition coefficient (Wildman–Crippen LogP) is 5.02. The average molecular weight is 557 g/mol. The van der Waals surface area contributed by atoms with Gasteiger partial charge in [0.15, 0.2) is 23.0 Å². The van der Waals surface area contributed by atoms with Crippen molar-refractivity contribution in [2.24, 2.45) is 0 Å². The molecule has 0 spiro atoms. The van der Waals surface area contributed by atoms with E-state index in [1.807, 2.05) is 12.1 Å². The number of aryl methyl sites for hydroxylation is 1. The van der Waals surface area contributed by atoms with Crippen molar-refractivity contribution < 1.29 is 38.1 Å². The molecule has 9 heteroatoms. The normalized spacial score (nSPS) is 15.6. The number of methoxy groups -OCH3 is 1. The maximum absolute atomic E-state index is 12.8. The first-order valence-corrected chi connectivity index (χ1v) is 13.4. The van der Waals surface area contributed by atoms with Crippen molar-refractivity contribution in [3.8, 4) is 28.7 Å². The molecule has 210 valence electrons. The summed E-state index contributed by atoms with van der Waals surface area (Å²) in [6.45, 7) is 4.00. The number of ketones is 1. The first kappa shape index (κ1) is 26.4. The van der Waals surface area contributed by atoms with Gasteiger partial charge in [-0.25, -0.2) is 4.79 Å². The van der Waals surface area contributed by atoms with Gasteiger partial charge in [0.05, 0.1) is 32.1 Å². The lowest BCUT2D eigenvalue weighted by Crippen LogP contribution is -2.24. The fraction of sp³-hybridized carbons (Fsp3) is 0.281. The van der Waals surface area contributed by atoms with Gasteiger partial charge in [-0.15, -0.1) is 0 Å². The van der Waals surface area contributed by atoms with Crippen molar-refractivity contribution in [2.75, 3.05) is 20.3 Å². The Bertz CT molecular complexity index is 1780. The molecule has 0 radical (unpaired) electrons.